The number of rotatable bonds is 3. The molecule has 1 nitrogen and oxygen atoms in total. The van der Waals surface area contributed by atoms with Crippen LogP contribution in [0.25, 0.3) is 0 Å². The second-order valence-corrected chi connectivity index (χ2v) is 3.83. The van der Waals surface area contributed by atoms with E-state index >= 15 is 0 Å². The largest absolute Gasteiger partial charge is 0.457 e. The number of hydrogen-bond donors (Lipinski definition) is 0. The third-order valence-electron chi connectivity index (χ3n) is 2.64. The summed E-state index contributed by atoms with van der Waals surface area (Å²) < 4.78 is 5.93. The van der Waals surface area contributed by atoms with Crippen molar-refractivity contribution in [2.75, 3.05) is 0 Å². The molecule has 2 aromatic carbocycles. The van der Waals surface area contributed by atoms with E-state index < -0.39 is 0 Å². The third kappa shape index (κ3) is 2.25. The van der Waals surface area contributed by atoms with Gasteiger partial charge >= 0.3 is 0 Å². The summed E-state index contributed by atoms with van der Waals surface area (Å²) >= 11 is 0. The molecule has 0 radical (unpaired) electrons. The quantitative estimate of drug-likeness (QED) is 0.735. The second-order valence-electron chi connectivity index (χ2n) is 3.83. The summed E-state index contributed by atoms with van der Waals surface area (Å²) in [5.41, 5.74) is 2.44. The van der Waals surface area contributed by atoms with E-state index in [2.05, 4.69) is 32.0 Å². The van der Waals surface area contributed by atoms with Crippen molar-refractivity contribution in [2.45, 2.75) is 20.3 Å². The Kier molecular flexibility index (Phi) is 3.25. The van der Waals surface area contributed by atoms with Gasteiger partial charge in [-0.2, -0.15) is 0 Å². The Labute approximate surface area is 96.7 Å². The SMILES string of the molecule is CCc1cccc(C)c1Oc1ccccc1. The highest BCUT2D eigenvalue weighted by molar-refractivity contribution is 5.43. The van der Waals surface area contributed by atoms with Crippen LogP contribution in [0.15, 0.2) is 48.5 Å². The van der Waals surface area contributed by atoms with E-state index in [1.165, 1.54) is 11.1 Å². The molecule has 0 saturated heterocycles. The molecule has 2 rings (SSSR count). The molecule has 0 amide bonds. The Bertz CT molecular complexity index is 460. The number of para-hydroxylation sites is 2. The number of aryl methyl sites for hydroxylation is 2. The van der Waals surface area contributed by atoms with Gasteiger partial charge in [-0.05, 0) is 36.6 Å². The van der Waals surface area contributed by atoms with Crippen molar-refractivity contribution >= 4 is 0 Å². The maximum absolute atomic E-state index is 5.93. The zero-order valence-corrected chi connectivity index (χ0v) is 9.73. The predicted octanol–water partition coefficient (Wildman–Crippen LogP) is 4.35. The first-order valence-electron chi connectivity index (χ1n) is 5.62. The third-order valence-corrected chi connectivity index (χ3v) is 2.64. The van der Waals surface area contributed by atoms with Crippen LogP contribution in [-0.2, 0) is 6.42 Å². The summed E-state index contributed by atoms with van der Waals surface area (Å²) in [7, 11) is 0. The maximum atomic E-state index is 5.93. The lowest BCUT2D eigenvalue weighted by atomic mass is 10.1. The van der Waals surface area contributed by atoms with Crippen LogP contribution in [0.4, 0.5) is 0 Å². The molecule has 0 aliphatic carbocycles. The van der Waals surface area contributed by atoms with Crippen molar-refractivity contribution in [1.82, 2.24) is 0 Å². The zero-order valence-electron chi connectivity index (χ0n) is 9.73. The Morgan fingerprint density at radius 1 is 0.938 bits per heavy atom. The molecule has 0 heterocycles. The van der Waals surface area contributed by atoms with Crippen molar-refractivity contribution in [2.24, 2.45) is 0 Å². The van der Waals surface area contributed by atoms with Crippen LogP contribution in [0.3, 0.4) is 0 Å². The average molecular weight is 212 g/mol. The van der Waals surface area contributed by atoms with Gasteiger partial charge in [0.25, 0.3) is 0 Å². The molecule has 0 N–H and O–H groups in total. The van der Waals surface area contributed by atoms with Crippen molar-refractivity contribution in [3.05, 3.63) is 59.7 Å². The summed E-state index contributed by atoms with van der Waals surface area (Å²) in [6.07, 6.45) is 0.990. The maximum Gasteiger partial charge on any atom is 0.133 e. The second kappa shape index (κ2) is 4.84. The molecule has 0 unspecified atom stereocenters. The van der Waals surface area contributed by atoms with Gasteiger partial charge in [0.15, 0.2) is 0 Å². The molecular formula is C15H16O. The Morgan fingerprint density at radius 3 is 2.38 bits per heavy atom. The van der Waals surface area contributed by atoms with Gasteiger partial charge < -0.3 is 4.74 Å². The molecule has 16 heavy (non-hydrogen) atoms. The van der Waals surface area contributed by atoms with E-state index in [9.17, 15) is 0 Å². The van der Waals surface area contributed by atoms with E-state index in [-0.39, 0.29) is 0 Å². The molecule has 0 aromatic heterocycles. The van der Waals surface area contributed by atoms with E-state index in [0.717, 1.165) is 17.9 Å². The fourth-order valence-electron chi connectivity index (χ4n) is 1.74. The predicted molar refractivity (Wildman–Crippen MR) is 67.1 cm³/mol. The molecule has 82 valence electrons. The Balaban J connectivity index is 2.34. The highest BCUT2D eigenvalue weighted by Gasteiger charge is 2.05. The molecule has 0 saturated carbocycles. The van der Waals surface area contributed by atoms with Gasteiger partial charge in [0, 0.05) is 0 Å². The smallest absolute Gasteiger partial charge is 0.133 e. The Hall–Kier alpha value is -1.76. The normalized spacial score (nSPS) is 10.1. The minimum atomic E-state index is 0.895. The van der Waals surface area contributed by atoms with Gasteiger partial charge in [-0.15, -0.1) is 0 Å². The zero-order chi connectivity index (χ0) is 11.4. The summed E-state index contributed by atoms with van der Waals surface area (Å²) in [6.45, 7) is 4.23. The van der Waals surface area contributed by atoms with Crippen molar-refractivity contribution in [3.8, 4) is 11.5 Å². The van der Waals surface area contributed by atoms with E-state index in [0.29, 0.717) is 0 Å². The number of ether oxygens (including phenoxy) is 1. The topological polar surface area (TPSA) is 9.23 Å². The average Bonchev–Trinajstić information content (AvgIpc) is 2.33. The van der Waals surface area contributed by atoms with Gasteiger partial charge in [0.05, 0.1) is 0 Å². The molecule has 0 fully saturated rings. The molecule has 0 bridgehead atoms. The van der Waals surface area contributed by atoms with Crippen molar-refractivity contribution < 1.29 is 4.74 Å². The first kappa shape index (κ1) is 10.7. The van der Waals surface area contributed by atoms with Gasteiger partial charge in [0.1, 0.15) is 11.5 Å². The van der Waals surface area contributed by atoms with E-state index in [1.54, 1.807) is 0 Å². The standard InChI is InChI=1S/C15H16O/c1-3-13-9-7-8-12(2)15(13)16-14-10-5-4-6-11-14/h4-11H,3H2,1-2H3. The Morgan fingerprint density at radius 2 is 1.69 bits per heavy atom. The van der Waals surface area contributed by atoms with E-state index in [1.807, 2.05) is 30.3 Å². The molecule has 2 aromatic rings. The first-order valence-corrected chi connectivity index (χ1v) is 5.62. The highest BCUT2D eigenvalue weighted by atomic mass is 16.5. The fourth-order valence-corrected chi connectivity index (χ4v) is 1.74. The summed E-state index contributed by atoms with van der Waals surface area (Å²) in [4.78, 5) is 0. The monoisotopic (exact) mass is 212 g/mol. The fraction of sp³-hybridized carbons (Fsp3) is 0.200. The molecule has 1 heteroatoms. The summed E-state index contributed by atoms with van der Waals surface area (Å²) in [5.74, 6) is 1.89. The van der Waals surface area contributed by atoms with Crippen LogP contribution in [0.5, 0.6) is 11.5 Å². The van der Waals surface area contributed by atoms with Crippen molar-refractivity contribution in [3.63, 3.8) is 0 Å². The minimum absolute atomic E-state index is 0.895. The highest BCUT2D eigenvalue weighted by Crippen LogP contribution is 2.28. The van der Waals surface area contributed by atoms with Crippen LogP contribution in [0.1, 0.15) is 18.1 Å². The van der Waals surface area contributed by atoms with Crippen LogP contribution < -0.4 is 4.74 Å². The number of hydrogen-bond acceptors (Lipinski definition) is 1. The van der Waals surface area contributed by atoms with Crippen LogP contribution >= 0.6 is 0 Å². The number of benzene rings is 2. The van der Waals surface area contributed by atoms with E-state index in [4.69, 9.17) is 4.74 Å². The van der Waals surface area contributed by atoms with Gasteiger partial charge in [-0.25, -0.2) is 0 Å². The lowest BCUT2D eigenvalue weighted by Crippen LogP contribution is -1.92. The van der Waals surface area contributed by atoms with Crippen molar-refractivity contribution in [1.29, 1.82) is 0 Å². The summed E-state index contributed by atoms with van der Waals surface area (Å²) in [5, 5.41) is 0. The lowest BCUT2D eigenvalue weighted by molar-refractivity contribution is 0.473. The molecule has 0 aliphatic rings. The molecule has 0 atom stereocenters. The molecular weight excluding hydrogens is 196 g/mol. The van der Waals surface area contributed by atoms with Gasteiger partial charge in [0.2, 0.25) is 0 Å². The molecule has 0 aliphatic heterocycles. The first-order chi connectivity index (χ1) is 7.81. The summed E-state index contributed by atoms with van der Waals surface area (Å²) in [6, 6.07) is 16.2. The lowest BCUT2D eigenvalue weighted by Gasteiger charge is -2.12. The van der Waals surface area contributed by atoms with Gasteiger partial charge in [-0.3, -0.25) is 0 Å². The molecule has 0 spiro atoms. The van der Waals surface area contributed by atoms with Crippen LogP contribution in [-0.4, -0.2) is 0 Å². The van der Waals surface area contributed by atoms with Crippen LogP contribution in [0, 0.1) is 6.92 Å². The minimum Gasteiger partial charge on any atom is -0.457 e. The van der Waals surface area contributed by atoms with Gasteiger partial charge in [-0.1, -0.05) is 43.3 Å². The van der Waals surface area contributed by atoms with Crippen LogP contribution in [0.2, 0.25) is 0 Å².